The Morgan fingerprint density at radius 3 is 2.52 bits per heavy atom. The molecule has 1 aliphatic rings. The van der Waals surface area contributed by atoms with E-state index in [2.05, 4.69) is 9.93 Å². The molecule has 7 heteroatoms. The molecular formula is C14H9ClFN2O2S. The van der Waals surface area contributed by atoms with Crippen molar-refractivity contribution in [3.8, 4) is 0 Å². The normalized spacial score (nSPS) is 16.4. The lowest BCUT2D eigenvalue weighted by Crippen LogP contribution is -2.12. The first-order valence-corrected chi connectivity index (χ1v) is 8.01. The zero-order chi connectivity index (χ0) is 15.0. The van der Waals surface area contributed by atoms with Crippen LogP contribution in [0.2, 0.25) is 5.02 Å². The lowest BCUT2D eigenvalue weighted by atomic mass is 9.98. The van der Waals surface area contributed by atoms with Crippen molar-refractivity contribution in [1.29, 1.82) is 0 Å². The molecule has 0 saturated carbocycles. The lowest BCUT2D eigenvalue weighted by Gasteiger charge is -2.08. The molecule has 0 fully saturated rings. The highest BCUT2D eigenvalue weighted by atomic mass is 35.5. The van der Waals surface area contributed by atoms with Crippen LogP contribution in [0.1, 0.15) is 16.7 Å². The molecule has 0 unspecified atom stereocenters. The molecule has 2 aromatic carbocycles. The van der Waals surface area contributed by atoms with Crippen LogP contribution in [0.15, 0.2) is 47.6 Å². The molecule has 0 aliphatic carbocycles. The number of hydrogen-bond donors (Lipinski definition) is 0. The van der Waals surface area contributed by atoms with Gasteiger partial charge in [-0.3, -0.25) is 0 Å². The Labute approximate surface area is 126 Å². The molecule has 2 aromatic rings. The summed E-state index contributed by atoms with van der Waals surface area (Å²) in [4.78, 5) is 3.40. The molecule has 21 heavy (non-hydrogen) atoms. The highest BCUT2D eigenvalue weighted by molar-refractivity contribution is 7.88. The average Bonchev–Trinajstić information content (AvgIpc) is 2.55. The van der Waals surface area contributed by atoms with Gasteiger partial charge in [-0.2, -0.15) is 0 Å². The van der Waals surface area contributed by atoms with Crippen LogP contribution in [0, 0.1) is 5.82 Å². The maximum atomic E-state index is 13.0. The van der Waals surface area contributed by atoms with E-state index in [0.717, 1.165) is 0 Å². The molecule has 0 N–H and O–H groups in total. The van der Waals surface area contributed by atoms with Gasteiger partial charge in [-0.25, -0.2) is 12.8 Å². The summed E-state index contributed by atoms with van der Waals surface area (Å²) < 4.78 is 36.6. The van der Waals surface area contributed by atoms with Crippen LogP contribution in [-0.2, 0) is 15.8 Å². The first-order valence-electron chi connectivity index (χ1n) is 6.02. The second kappa shape index (κ2) is 5.13. The first kappa shape index (κ1) is 14.0. The molecule has 0 saturated heterocycles. The van der Waals surface area contributed by atoms with Gasteiger partial charge in [0.15, 0.2) is 0 Å². The summed E-state index contributed by atoms with van der Waals surface area (Å²) in [6.07, 6.45) is 0. The van der Waals surface area contributed by atoms with Gasteiger partial charge in [0.2, 0.25) is 0 Å². The summed E-state index contributed by atoms with van der Waals surface area (Å²) in [5.41, 5.74) is 2.07. The fraction of sp³-hybridized carbons (Fsp3) is 0.0714. The van der Waals surface area contributed by atoms with Crippen molar-refractivity contribution >= 4 is 27.3 Å². The van der Waals surface area contributed by atoms with Gasteiger partial charge < -0.3 is 0 Å². The number of benzene rings is 2. The monoisotopic (exact) mass is 323 g/mol. The Morgan fingerprint density at radius 1 is 1.10 bits per heavy atom. The Hall–Kier alpha value is -1.92. The number of fused-ring (bicyclic) bond motifs is 1. The van der Waals surface area contributed by atoms with Gasteiger partial charge in [0.05, 0.1) is 5.75 Å². The van der Waals surface area contributed by atoms with Gasteiger partial charge >= 0.3 is 0 Å². The van der Waals surface area contributed by atoms with Crippen LogP contribution in [0.25, 0.3) is 0 Å². The smallest absolute Gasteiger partial charge is 0.207 e. The van der Waals surface area contributed by atoms with Crippen LogP contribution >= 0.6 is 11.6 Å². The minimum atomic E-state index is -3.67. The fourth-order valence-corrected chi connectivity index (χ4v) is 3.18. The first-order chi connectivity index (χ1) is 9.94. The molecule has 0 spiro atoms. The predicted octanol–water partition coefficient (Wildman–Crippen LogP) is 2.68. The summed E-state index contributed by atoms with van der Waals surface area (Å²) in [6.45, 7) is 0. The number of sulfonamides is 1. The minimum absolute atomic E-state index is 0.242. The van der Waals surface area contributed by atoms with Crippen LogP contribution in [0.5, 0.6) is 0 Å². The van der Waals surface area contributed by atoms with E-state index in [1.165, 1.54) is 24.3 Å². The van der Waals surface area contributed by atoms with Crippen molar-refractivity contribution in [3.05, 3.63) is 70.0 Å². The molecule has 107 valence electrons. The SMILES string of the molecule is O=S1(=O)Cc2ccc(Cl)cc2C(c2ccc(F)cc2)=N[N]1. The van der Waals surface area contributed by atoms with Gasteiger partial charge in [0.1, 0.15) is 11.5 Å². The summed E-state index contributed by atoms with van der Waals surface area (Å²) in [6, 6.07) is 10.5. The fourth-order valence-electron chi connectivity index (χ4n) is 2.10. The minimum Gasteiger partial charge on any atom is -0.207 e. The zero-order valence-corrected chi connectivity index (χ0v) is 12.2. The van der Waals surface area contributed by atoms with Crippen LogP contribution in [-0.4, -0.2) is 14.1 Å². The largest absolute Gasteiger partial charge is 0.274 e. The third-order valence-electron chi connectivity index (χ3n) is 3.05. The second-order valence-corrected chi connectivity index (χ2v) is 6.62. The standard InChI is InChI=1S/C14H9ClFN2O2S/c15-11-4-1-10-8-21(19,20)18-17-14(13(10)7-11)9-2-5-12(16)6-3-9/h1-7H,8H2. The highest BCUT2D eigenvalue weighted by Gasteiger charge is 2.23. The molecular weight excluding hydrogens is 315 g/mol. The van der Waals surface area contributed by atoms with E-state index in [9.17, 15) is 12.8 Å². The predicted molar refractivity (Wildman–Crippen MR) is 78.2 cm³/mol. The zero-order valence-electron chi connectivity index (χ0n) is 10.6. The maximum absolute atomic E-state index is 13.0. The molecule has 0 bridgehead atoms. The Balaban J connectivity index is 2.22. The van der Waals surface area contributed by atoms with E-state index in [1.54, 1.807) is 18.2 Å². The number of nitrogens with zero attached hydrogens (tertiary/aromatic N) is 2. The van der Waals surface area contributed by atoms with Crippen molar-refractivity contribution in [2.45, 2.75) is 5.75 Å². The van der Waals surface area contributed by atoms with Crippen molar-refractivity contribution in [2.75, 3.05) is 0 Å². The molecule has 0 amide bonds. The maximum Gasteiger partial charge on any atom is 0.274 e. The van der Waals surface area contributed by atoms with Gasteiger partial charge in [-0.05, 0) is 42.0 Å². The average molecular weight is 324 g/mol. The van der Waals surface area contributed by atoms with Crippen LogP contribution < -0.4 is 4.83 Å². The number of rotatable bonds is 1. The Kier molecular flexibility index (Phi) is 3.43. The molecule has 0 aromatic heterocycles. The van der Waals surface area contributed by atoms with Gasteiger partial charge in [-0.1, -0.05) is 22.5 Å². The summed E-state index contributed by atoms with van der Waals surface area (Å²) in [7, 11) is -3.67. The molecule has 1 aliphatic heterocycles. The second-order valence-electron chi connectivity index (χ2n) is 4.56. The van der Waals surface area contributed by atoms with E-state index >= 15 is 0 Å². The van der Waals surface area contributed by atoms with Crippen molar-refractivity contribution < 1.29 is 12.8 Å². The van der Waals surface area contributed by atoms with Gasteiger partial charge in [-0.15, -0.1) is 5.10 Å². The van der Waals surface area contributed by atoms with Gasteiger partial charge in [0, 0.05) is 16.1 Å². The van der Waals surface area contributed by atoms with Crippen molar-refractivity contribution in [1.82, 2.24) is 4.83 Å². The summed E-state index contributed by atoms with van der Waals surface area (Å²) >= 11 is 5.98. The van der Waals surface area contributed by atoms with Crippen LogP contribution in [0.3, 0.4) is 0 Å². The quantitative estimate of drug-likeness (QED) is 0.810. The third kappa shape index (κ3) is 2.91. The molecule has 0 atom stereocenters. The summed E-state index contributed by atoms with van der Waals surface area (Å²) in [5, 5.41) is 4.29. The van der Waals surface area contributed by atoms with Crippen molar-refractivity contribution in [2.24, 2.45) is 5.10 Å². The van der Waals surface area contributed by atoms with E-state index in [0.29, 0.717) is 27.4 Å². The highest BCUT2D eigenvalue weighted by Crippen LogP contribution is 2.24. The van der Waals surface area contributed by atoms with E-state index in [4.69, 9.17) is 11.6 Å². The van der Waals surface area contributed by atoms with E-state index in [1.807, 2.05) is 0 Å². The molecule has 1 heterocycles. The van der Waals surface area contributed by atoms with E-state index < -0.39 is 10.0 Å². The lowest BCUT2D eigenvalue weighted by molar-refractivity contribution is 0.583. The third-order valence-corrected chi connectivity index (χ3v) is 4.29. The Bertz CT molecular complexity index is 833. The molecule has 1 radical (unpaired) electrons. The Morgan fingerprint density at radius 2 is 1.81 bits per heavy atom. The number of halogens is 2. The van der Waals surface area contributed by atoms with Crippen LogP contribution in [0.4, 0.5) is 4.39 Å². The van der Waals surface area contributed by atoms with E-state index in [-0.39, 0.29) is 11.6 Å². The summed E-state index contributed by atoms with van der Waals surface area (Å²) in [5.74, 6) is -0.628. The van der Waals surface area contributed by atoms with Gasteiger partial charge in [0.25, 0.3) is 10.0 Å². The molecule has 3 rings (SSSR count). The number of hydrogen-bond acceptors (Lipinski definition) is 3. The topological polar surface area (TPSA) is 60.6 Å². The molecule has 4 nitrogen and oxygen atoms in total. The van der Waals surface area contributed by atoms with Crippen molar-refractivity contribution in [3.63, 3.8) is 0 Å².